The minimum Gasteiger partial charge on any atom is -0.378 e. The molecule has 2 N–H and O–H groups in total. The third kappa shape index (κ3) is 5.78. The maximum Gasteiger partial charge on any atom is 0.239 e. The number of aromatic nitrogens is 2. The standard InChI is InChI=1S/C11H18N4O2.2ClH/c1-9(6-15-4-2-12-8-15)14-11(16)10-7-17-5-3-13-10;;/h2,4,8-10,13H,3,5-7H2,1H3,(H,14,16);2*1H. The molecule has 1 amide bonds. The molecule has 1 aromatic heterocycles. The van der Waals surface area contributed by atoms with Crippen LogP contribution in [-0.4, -0.2) is 47.3 Å². The normalized spacial score (nSPS) is 19.7. The Bertz CT molecular complexity index is 356. The van der Waals surface area contributed by atoms with Gasteiger partial charge >= 0.3 is 0 Å². The van der Waals surface area contributed by atoms with Crippen molar-refractivity contribution < 1.29 is 9.53 Å². The molecular weight excluding hydrogens is 291 g/mol. The van der Waals surface area contributed by atoms with Gasteiger partial charge in [-0.2, -0.15) is 0 Å². The molecule has 1 aliphatic heterocycles. The summed E-state index contributed by atoms with van der Waals surface area (Å²) in [5.41, 5.74) is 0. The van der Waals surface area contributed by atoms with Crippen molar-refractivity contribution in [3.05, 3.63) is 18.7 Å². The molecule has 0 saturated carbocycles. The van der Waals surface area contributed by atoms with Crippen LogP contribution in [0.1, 0.15) is 6.92 Å². The number of carbonyl (C=O) groups is 1. The molecule has 110 valence electrons. The molecule has 1 aromatic rings. The van der Waals surface area contributed by atoms with E-state index in [9.17, 15) is 4.79 Å². The highest BCUT2D eigenvalue weighted by molar-refractivity contribution is 5.85. The minimum atomic E-state index is -0.228. The Kier molecular flexibility index (Phi) is 8.75. The molecule has 2 heterocycles. The summed E-state index contributed by atoms with van der Waals surface area (Å²) in [5.74, 6) is -0.00249. The fourth-order valence-corrected chi connectivity index (χ4v) is 1.83. The van der Waals surface area contributed by atoms with Crippen LogP contribution in [0.15, 0.2) is 18.7 Å². The number of morpholine rings is 1. The van der Waals surface area contributed by atoms with E-state index in [-0.39, 0.29) is 42.8 Å². The van der Waals surface area contributed by atoms with Crippen LogP contribution < -0.4 is 10.6 Å². The van der Waals surface area contributed by atoms with E-state index in [4.69, 9.17) is 4.74 Å². The van der Waals surface area contributed by atoms with Crippen molar-refractivity contribution in [3.63, 3.8) is 0 Å². The lowest BCUT2D eigenvalue weighted by Crippen LogP contribution is -2.53. The first-order chi connectivity index (χ1) is 8.25. The van der Waals surface area contributed by atoms with Crippen molar-refractivity contribution in [2.24, 2.45) is 0 Å². The van der Waals surface area contributed by atoms with Gasteiger partial charge < -0.3 is 19.9 Å². The van der Waals surface area contributed by atoms with Crippen LogP contribution in [0.25, 0.3) is 0 Å². The van der Waals surface area contributed by atoms with Gasteiger partial charge in [-0.25, -0.2) is 4.98 Å². The average Bonchev–Trinajstić information content (AvgIpc) is 2.82. The molecule has 2 unspecified atom stereocenters. The van der Waals surface area contributed by atoms with E-state index < -0.39 is 0 Å². The topological polar surface area (TPSA) is 68.2 Å². The van der Waals surface area contributed by atoms with Crippen molar-refractivity contribution in [2.75, 3.05) is 19.8 Å². The van der Waals surface area contributed by atoms with Crippen molar-refractivity contribution >= 4 is 30.7 Å². The monoisotopic (exact) mass is 310 g/mol. The molecule has 19 heavy (non-hydrogen) atoms. The Hall–Kier alpha value is -0.820. The van der Waals surface area contributed by atoms with Gasteiger partial charge in [0.05, 0.1) is 19.5 Å². The highest BCUT2D eigenvalue weighted by Crippen LogP contribution is 1.96. The second-order valence-corrected chi connectivity index (χ2v) is 4.25. The Morgan fingerprint density at radius 2 is 2.42 bits per heavy atom. The average molecular weight is 311 g/mol. The van der Waals surface area contributed by atoms with E-state index in [2.05, 4.69) is 15.6 Å². The maximum atomic E-state index is 11.9. The zero-order valence-corrected chi connectivity index (χ0v) is 12.4. The molecule has 2 atom stereocenters. The number of ether oxygens (including phenoxy) is 1. The summed E-state index contributed by atoms with van der Waals surface area (Å²) in [6, 6.07) is -0.158. The van der Waals surface area contributed by atoms with Gasteiger partial charge in [0.15, 0.2) is 0 Å². The number of carbonyl (C=O) groups excluding carboxylic acids is 1. The summed E-state index contributed by atoms with van der Waals surface area (Å²) in [6.07, 6.45) is 5.35. The van der Waals surface area contributed by atoms with Crippen molar-refractivity contribution in [1.82, 2.24) is 20.2 Å². The number of nitrogens with zero attached hydrogens (tertiary/aromatic N) is 2. The van der Waals surface area contributed by atoms with E-state index in [0.29, 0.717) is 13.2 Å². The Morgan fingerprint density at radius 1 is 1.63 bits per heavy atom. The highest BCUT2D eigenvalue weighted by Gasteiger charge is 2.22. The highest BCUT2D eigenvalue weighted by atomic mass is 35.5. The zero-order valence-electron chi connectivity index (χ0n) is 10.7. The molecule has 8 heteroatoms. The molecule has 0 aromatic carbocycles. The van der Waals surface area contributed by atoms with Gasteiger partial charge in [-0.15, -0.1) is 24.8 Å². The number of halogens is 2. The van der Waals surface area contributed by atoms with Crippen molar-refractivity contribution in [2.45, 2.75) is 25.6 Å². The van der Waals surface area contributed by atoms with Crippen LogP contribution in [0, 0.1) is 0 Å². The van der Waals surface area contributed by atoms with Crippen LogP contribution in [0.2, 0.25) is 0 Å². The quantitative estimate of drug-likeness (QED) is 0.835. The van der Waals surface area contributed by atoms with Gasteiger partial charge in [0.2, 0.25) is 5.91 Å². The van der Waals surface area contributed by atoms with Crippen LogP contribution in [0.3, 0.4) is 0 Å². The summed E-state index contributed by atoms with van der Waals surface area (Å²) in [6.45, 7) is 4.55. The summed E-state index contributed by atoms with van der Waals surface area (Å²) < 4.78 is 7.19. The second-order valence-electron chi connectivity index (χ2n) is 4.25. The summed E-state index contributed by atoms with van der Waals surface area (Å²) in [5, 5.41) is 6.08. The SMILES string of the molecule is CC(Cn1ccnc1)NC(=O)C1COCCN1.Cl.Cl. The largest absolute Gasteiger partial charge is 0.378 e. The Labute approximate surface area is 125 Å². The number of imidazole rings is 1. The molecule has 1 saturated heterocycles. The summed E-state index contributed by atoms with van der Waals surface area (Å²) in [7, 11) is 0. The lowest BCUT2D eigenvalue weighted by molar-refractivity contribution is -0.126. The summed E-state index contributed by atoms with van der Waals surface area (Å²) in [4.78, 5) is 15.8. The number of hydrogen-bond donors (Lipinski definition) is 2. The maximum absolute atomic E-state index is 11.9. The third-order valence-electron chi connectivity index (χ3n) is 2.67. The lowest BCUT2D eigenvalue weighted by atomic mass is 10.2. The summed E-state index contributed by atoms with van der Waals surface area (Å²) >= 11 is 0. The van der Waals surface area contributed by atoms with E-state index in [0.717, 1.165) is 13.1 Å². The fourth-order valence-electron chi connectivity index (χ4n) is 1.83. The third-order valence-corrected chi connectivity index (χ3v) is 2.67. The Balaban J connectivity index is 0.00000162. The number of nitrogens with one attached hydrogen (secondary N) is 2. The fraction of sp³-hybridized carbons (Fsp3) is 0.636. The molecule has 6 nitrogen and oxygen atoms in total. The van der Waals surface area contributed by atoms with Crippen LogP contribution in [0.5, 0.6) is 0 Å². The van der Waals surface area contributed by atoms with Gasteiger partial charge in [-0.05, 0) is 6.92 Å². The van der Waals surface area contributed by atoms with Gasteiger partial charge in [-0.3, -0.25) is 4.79 Å². The second kappa shape index (κ2) is 9.14. The lowest BCUT2D eigenvalue weighted by Gasteiger charge is -2.24. The van der Waals surface area contributed by atoms with Gasteiger partial charge in [0, 0.05) is 31.5 Å². The van der Waals surface area contributed by atoms with E-state index in [1.807, 2.05) is 17.7 Å². The van der Waals surface area contributed by atoms with Gasteiger partial charge in [0.1, 0.15) is 6.04 Å². The molecule has 0 aliphatic carbocycles. The predicted molar refractivity (Wildman–Crippen MR) is 76.9 cm³/mol. The number of hydrogen-bond acceptors (Lipinski definition) is 4. The molecule has 1 aliphatic rings. The van der Waals surface area contributed by atoms with Crippen molar-refractivity contribution in [3.8, 4) is 0 Å². The van der Waals surface area contributed by atoms with Gasteiger partial charge in [-0.1, -0.05) is 0 Å². The molecule has 2 rings (SSSR count). The predicted octanol–water partition coefficient (Wildman–Crippen LogP) is 0.220. The van der Waals surface area contributed by atoms with Crippen LogP contribution >= 0.6 is 24.8 Å². The smallest absolute Gasteiger partial charge is 0.239 e. The zero-order chi connectivity index (χ0) is 12.1. The number of amides is 1. The number of rotatable bonds is 4. The Morgan fingerprint density at radius 3 is 3.00 bits per heavy atom. The first kappa shape index (κ1) is 18.2. The molecule has 0 spiro atoms. The van der Waals surface area contributed by atoms with Crippen LogP contribution in [-0.2, 0) is 16.1 Å². The van der Waals surface area contributed by atoms with E-state index in [1.165, 1.54) is 0 Å². The molecule has 1 fully saturated rings. The first-order valence-electron chi connectivity index (χ1n) is 5.83. The van der Waals surface area contributed by atoms with Gasteiger partial charge in [0.25, 0.3) is 0 Å². The van der Waals surface area contributed by atoms with E-state index in [1.54, 1.807) is 12.5 Å². The molecule has 0 radical (unpaired) electrons. The van der Waals surface area contributed by atoms with E-state index >= 15 is 0 Å². The minimum absolute atomic E-state index is 0. The molecular formula is C11H20Cl2N4O2. The van der Waals surface area contributed by atoms with Crippen molar-refractivity contribution in [1.29, 1.82) is 0 Å². The first-order valence-corrected chi connectivity index (χ1v) is 5.83. The van der Waals surface area contributed by atoms with Crippen LogP contribution in [0.4, 0.5) is 0 Å². The molecule has 0 bridgehead atoms.